The van der Waals surface area contributed by atoms with E-state index in [9.17, 15) is 9.59 Å². The molecule has 3 rings (SSSR count). The van der Waals surface area contributed by atoms with Crippen molar-refractivity contribution in [2.24, 2.45) is 0 Å². The number of para-hydroxylation sites is 1. The standard InChI is InChI=1S/C20H20N2O3/c1-3-25-15-10-8-14(9-11-15)13-22(2)20(24)17-12-19(23)21-18-7-5-4-6-16(17)18/h4-12H,3,13H2,1-2H3,(H,21,23). The summed E-state index contributed by atoms with van der Waals surface area (Å²) < 4.78 is 5.43. The Labute approximate surface area is 145 Å². The van der Waals surface area contributed by atoms with E-state index in [0.29, 0.717) is 24.2 Å². The van der Waals surface area contributed by atoms with Crippen molar-refractivity contribution in [3.63, 3.8) is 0 Å². The van der Waals surface area contributed by atoms with Crippen molar-refractivity contribution < 1.29 is 9.53 Å². The molecule has 0 saturated carbocycles. The lowest BCUT2D eigenvalue weighted by Gasteiger charge is -2.18. The van der Waals surface area contributed by atoms with Gasteiger partial charge in [-0.05, 0) is 30.7 Å². The molecular weight excluding hydrogens is 316 g/mol. The molecule has 3 aromatic rings. The van der Waals surface area contributed by atoms with Gasteiger partial charge in [0.15, 0.2) is 0 Å². The molecule has 0 radical (unpaired) electrons. The lowest BCUT2D eigenvalue weighted by Crippen LogP contribution is -2.27. The Balaban J connectivity index is 1.84. The lowest BCUT2D eigenvalue weighted by atomic mass is 10.1. The number of pyridine rings is 1. The predicted molar refractivity (Wildman–Crippen MR) is 98.0 cm³/mol. The van der Waals surface area contributed by atoms with Crippen LogP contribution in [0.1, 0.15) is 22.8 Å². The van der Waals surface area contributed by atoms with Gasteiger partial charge in [0.25, 0.3) is 5.91 Å². The molecule has 128 valence electrons. The number of benzene rings is 2. The summed E-state index contributed by atoms with van der Waals surface area (Å²) in [6, 6.07) is 16.3. The number of rotatable bonds is 5. The molecule has 1 amide bonds. The Kier molecular flexibility index (Phi) is 4.84. The molecule has 5 heteroatoms. The molecule has 0 atom stereocenters. The van der Waals surface area contributed by atoms with Gasteiger partial charge in [-0.1, -0.05) is 30.3 Å². The summed E-state index contributed by atoms with van der Waals surface area (Å²) in [6.45, 7) is 3.01. The van der Waals surface area contributed by atoms with Gasteiger partial charge in [0.05, 0.1) is 12.2 Å². The van der Waals surface area contributed by atoms with E-state index in [1.807, 2.05) is 49.4 Å². The lowest BCUT2D eigenvalue weighted by molar-refractivity contribution is 0.0787. The fourth-order valence-electron chi connectivity index (χ4n) is 2.79. The zero-order valence-electron chi connectivity index (χ0n) is 14.3. The molecule has 1 aromatic heterocycles. The fourth-order valence-corrected chi connectivity index (χ4v) is 2.79. The number of amides is 1. The van der Waals surface area contributed by atoms with Crippen LogP contribution in [0, 0.1) is 0 Å². The van der Waals surface area contributed by atoms with Gasteiger partial charge in [-0.25, -0.2) is 0 Å². The maximum Gasteiger partial charge on any atom is 0.254 e. The molecule has 2 aromatic carbocycles. The molecule has 0 spiro atoms. The molecule has 0 fully saturated rings. The maximum atomic E-state index is 12.8. The van der Waals surface area contributed by atoms with Gasteiger partial charge in [0, 0.05) is 30.6 Å². The van der Waals surface area contributed by atoms with E-state index in [0.717, 1.165) is 16.7 Å². The fraction of sp³-hybridized carbons (Fsp3) is 0.200. The molecule has 0 aliphatic carbocycles. The third kappa shape index (κ3) is 3.71. The van der Waals surface area contributed by atoms with E-state index in [1.54, 1.807) is 18.0 Å². The number of hydrogen-bond acceptors (Lipinski definition) is 3. The largest absolute Gasteiger partial charge is 0.494 e. The van der Waals surface area contributed by atoms with Gasteiger partial charge in [-0.15, -0.1) is 0 Å². The summed E-state index contributed by atoms with van der Waals surface area (Å²) in [6.07, 6.45) is 0. The van der Waals surface area contributed by atoms with E-state index in [1.165, 1.54) is 6.07 Å². The van der Waals surface area contributed by atoms with Crippen LogP contribution in [0.4, 0.5) is 0 Å². The molecule has 5 nitrogen and oxygen atoms in total. The summed E-state index contributed by atoms with van der Waals surface area (Å²) in [5, 5.41) is 0.741. The summed E-state index contributed by atoms with van der Waals surface area (Å²) >= 11 is 0. The van der Waals surface area contributed by atoms with Crippen molar-refractivity contribution in [2.75, 3.05) is 13.7 Å². The molecule has 0 saturated heterocycles. The third-order valence-corrected chi connectivity index (χ3v) is 3.98. The topological polar surface area (TPSA) is 62.4 Å². The molecule has 1 N–H and O–H groups in total. The number of H-pyrrole nitrogens is 1. The number of nitrogens with one attached hydrogen (secondary N) is 1. The number of fused-ring (bicyclic) bond motifs is 1. The van der Waals surface area contributed by atoms with Gasteiger partial charge in [0.1, 0.15) is 5.75 Å². The van der Waals surface area contributed by atoms with Crippen molar-refractivity contribution in [3.8, 4) is 5.75 Å². The minimum Gasteiger partial charge on any atom is -0.494 e. The molecule has 1 heterocycles. The first kappa shape index (κ1) is 16.8. The average Bonchev–Trinajstić information content (AvgIpc) is 2.62. The number of ether oxygens (including phenoxy) is 1. The van der Waals surface area contributed by atoms with Crippen LogP contribution in [-0.4, -0.2) is 29.4 Å². The Hall–Kier alpha value is -3.08. The number of nitrogens with zero attached hydrogens (tertiary/aromatic N) is 1. The Morgan fingerprint density at radius 2 is 1.84 bits per heavy atom. The Bertz CT molecular complexity index is 945. The number of aromatic nitrogens is 1. The Morgan fingerprint density at radius 1 is 1.12 bits per heavy atom. The van der Waals surface area contributed by atoms with Crippen LogP contribution in [0.15, 0.2) is 59.4 Å². The quantitative estimate of drug-likeness (QED) is 0.778. The van der Waals surface area contributed by atoms with Crippen molar-refractivity contribution in [1.82, 2.24) is 9.88 Å². The van der Waals surface area contributed by atoms with E-state index >= 15 is 0 Å². The minimum absolute atomic E-state index is 0.184. The summed E-state index contributed by atoms with van der Waals surface area (Å²) in [5.74, 6) is 0.622. The predicted octanol–water partition coefficient (Wildman–Crippen LogP) is 3.20. The first-order valence-corrected chi connectivity index (χ1v) is 8.17. The van der Waals surface area contributed by atoms with E-state index < -0.39 is 0 Å². The van der Waals surface area contributed by atoms with Crippen molar-refractivity contribution in [1.29, 1.82) is 0 Å². The van der Waals surface area contributed by atoms with Crippen LogP contribution in [0.3, 0.4) is 0 Å². The third-order valence-electron chi connectivity index (χ3n) is 3.98. The number of hydrogen-bond donors (Lipinski definition) is 1. The van der Waals surface area contributed by atoms with Gasteiger partial charge < -0.3 is 14.6 Å². The zero-order chi connectivity index (χ0) is 17.8. The van der Waals surface area contributed by atoms with Gasteiger partial charge >= 0.3 is 0 Å². The van der Waals surface area contributed by atoms with E-state index in [-0.39, 0.29) is 11.5 Å². The SMILES string of the molecule is CCOc1ccc(CN(C)C(=O)c2cc(=O)[nH]c3ccccc23)cc1. The highest BCUT2D eigenvalue weighted by atomic mass is 16.5. The van der Waals surface area contributed by atoms with Crippen LogP contribution in [0.2, 0.25) is 0 Å². The average molecular weight is 336 g/mol. The van der Waals surface area contributed by atoms with Crippen LogP contribution in [0.25, 0.3) is 10.9 Å². The van der Waals surface area contributed by atoms with Gasteiger partial charge in [-0.3, -0.25) is 9.59 Å². The van der Waals surface area contributed by atoms with E-state index in [4.69, 9.17) is 4.74 Å². The monoisotopic (exact) mass is 336 g/mol. The zero-order valence-corrected chi connectivity index (χ0v) is 14.3. The summed E-state index contributed by atoms with van der Waals surface area (Å²) in [4.78, 5) is 29.0. The summed E-state index contributed by atoms with van der Waals surface area (Å²) in [5.41, 5.74) is 1.78. The van der Waals surface area contributed by atoms with Crippen molar-refractivity contribution in [3.05, 3.63) is 76.1 Å². The molecule has 0 unspecified atom stereocenters. The van der Waals surface area contributed by atoms with Gasteiger partial charge in [-0.2, -0.15) is 0 Å². The second-order valence-electron chi connectivity index (χ2n) is 5.83. The number of aromatic amines is 1. The molecule has 0 aliphatic heterocycles. The Morgan fingerprint density at radius 3 is 2.56 bits per heavy atom. The highest BCUT2D eigenvalue weighted by molar-refractivity contribution is 6.05. The molecule has 0 bridgehead atoms. The smallest absolute Gasteiger partial charge is 0.254 e. The van der Waals surface area contributed by atoms with Crippen LogP contribution in [0.5, 0.6) is 5.75 Å². The minimum atomic E-state index is -0.281. The highest BCUT2D eigenvalue weighted by Crippen LogP contribution is 2.18. The van der Waals surface area contributed by atoms with Crippen LogP contribution >= 0.6 is 0 Å². The molecule has 0 aliphatic rings. The first-order valence-electron chi connectivity index (χ1n) is 8.17. The highest BCUT2D eigenvalue weighted by Gasteiger charge is 2.16. The summed E-state index contributed by atoms with van der Waals surface area (Å²) in [7, 11) is 1.73. The number of carbonyl (C=O) groups excluding carboxylic acids is 1. The molecular formula is C20H20N2O3. The van der Waals surface area contributed by atoms with Crippen molar-refractivity contribution in [2.45, 2.75) is 13.5 Å². The maximum absolute atomic E-state index is 12.8. The van der Waals surface area contributed by atoms with Crippen molar-refractivity contribution >= 4 is 16.8 Å². The van der Waals surface area contributed by atoms with Gasteiger partial charge in [0.2, 0.25) is 5.56 Å². The number of carbonyl (C=O) groups is 1. The second kappa shape index (κ2) is 7.21. The first-order chi connectivity index (χ1) is 12.1. The second-order valence-corrected chi connectivity index (χ2v) is 5.83. The van der Waals surface area contributed by atoms with Crippen LogP contribution < -0.4 is 10.3 Å². The van der Waals surface area contributed by atoms with E-state index in [2.05, 4.69) is 4.98 Å². The normalized spacial score (nSPS) is 10.6. The van der Waals surface area contributed by atoms with Crippen LogP contribution in [-0.2, 0) is 6.54 Å². The molecule has 25 heavy (non-hydrogen) atoms.